The first kappa shape index (κ1) is 11.9. The molecular formula is C11H18N4O2. The Labute approximate surface area is 100 Å². The van der Waals surface area contributed by atoms with Gasteiger partial charge in [0.05, 0.1) is 11.9 Å². The Morgan fingerprint density at radius 3 is 3.00 bits per heavy atom. The van der Waals surface area contributed by atoms with Gasteiger partial charge >= 0.3 is 0 Å². The summed E-state index contributed by atoms with van der Waals surface area (Å²) in [6.07, 6.45) is 5.28. The van der Waals surface area contributed by atoms with Gasteiger partial charge in [-0.1, -0.05) is 11.6 Å². The minimum atomic E-state index is -0.503. The van der Waals surface area contributed by atoms with E-state index in [0.29, 0.717) is 12.1 Å². The second-order valence-electron chi connectivity index (χ2n) is 4.59. The minimum Gasteiger partial charge on any atom is -0.392 e. The van der Waals surface area contributed by atoms with Gasteiger partial charge in [0.2, 0.25) is 0 Å². The molecule has 0 fully saturated rings. The highest BCUT2D eigenvalue weighted by molar-refractivity contribution is 6.38. The van der Waals surface area contributed by atoms with Crippen molar-refractivity contribution in [2.45, 2.75) is 50.7 Å². The Kier molecular flexibility index (Phi) is 3.61. The smallest absolute Gasteiger partial charge is 0.266 e. The average Bonchev–Trinajstić information content (AvgIpc) is 2.63. The highest BCUT2D eigenvalue weighted by atomic mass is 16.6. The molecule has 0 aromatic rings. The molecule has 2 unspecified atom stereocenters. The largest absolute Gasteiger partial charge is 0.392 e. The summed E-state index contributed by atoms with van der Waals surface area (Å²) in [6.45, 7) is 0. The summed E-state index contributed by atoms with van der Waals surface area (Å²) in [5.74, 6) is 0.220. The van der Waals surface area contributed by atoms with Crippen LogP contribution in [-0.2, 0) is 9.63 Å². The van der Waals surface area contributed by atoms with E-state index in [9.17, 15) is 4.79 Å². The standard InChI is InChI=1S/C11H18N4O2/c12-10-4-2-1-3-7(14-10)5-8-6-9(11(13)16)15-17-8/h7-8H,1-6H2,(H2,12,14)(H2,13,16). The predicted octanol–water partition coefficient (Wildman–Crippen LogP) is 0.306. The molecular weight excluding hydrogens is 220 g/mol. The Bertz CT molecular complexity index is 364. The van der Waals surface area contributed by atoms with E-state index in [1.54, 1.807) is 0 Å². The zero-order chi connectivity index (χ0) is 12.3. The van der Waals surface area contributed by atoms with Crippen LogP contribution >= 0.6 is 0 Å². The van der Waals surface area contributed by atoms with E-state index in [1.165, 1.54) is 0 Å². The molecule has 0 aliphatic carbocycles. The van der Waals surface area contributed by atoms with Crippen LogP contribution in [-0.4, -0.2) is 29.6 Å². The molecule has 2 rings (SSSR count). The molecule has 0 saturated heterocycles. The van der Waals surface area contributed by atoms with Crippen LogP contribution in [0.25, 0.3) is 0 Å². The molecule has 0 aromatic heterocycles. The molecule has 2 aliphatic heterocycles. The number of nitrogens with zero attached hydrogens (tertiary/aromatic N) is 2. The lowest BCUT2D eigenvalue weighted by Gasteiger charge is -2.14. The minimum absolute atomic E-state index is 0.0860. The summed E-state index contributed by atoms with van der Waals surface area (Å²) in [6, 6.07) is 0.185. The van der Waals surface area contributed by atoms with Crippen LogP contribution in [0.1, 0.15) is 38.5 Å². The fraction of sp³-hybridized carbons (Fsp3) is 0.727. The van der Waals surface area contributed by atoms with Gasteiger partial charge in [0.25, 0.3) is 5.91 Å². The summed E-state index contributed by atoms with van der Waals surface area (Å²) < 4.78 is 0. The monoisotopic (exact) mass is 238 g/mol. The number of primary amides is 1. The second kappa shape index (κ2) is 5.16. The van der Waals surface area contributed by atoms with Crippen LogP contribution in [0.15, 0.2) is 10.1 Å². The van der Waals surface area contributed by atoms with Gasteiger partial charge in [-0.05, 0) is 12.8 Å². The molecule has 1 amide bonds. The van der Waals surface area contributed by atoms with Crippen molar-refractivity contribution in [2.75, 3.05) is 0 Å². The van der Waals surface area contributed by atoms with E-state index < -0.39 is 5.91 Å². The van der Waals surface area contributed by atoms with Crippen LogP contribution in [0.2, 0.25) is 0 Å². The van der Waals surface area contributed by atoms with E-state index in [0.717, 1.165) is 37.9 Å². The number of amides is 1. The maximum absolute atomic E-state index is 10.9. The molecule has 4 N–H and O–H groups in total. The number of amidine groups is 1. The quantitative estimate of drug-likeness (QED) is 0.739. The molecule has 0 bridgehead atoms. The normalized spacial score (nSPS) is 28.9. The zero-order valence-corrected chi connectivity index (χ0v) is 9.76. The summed E-state index contributed by atoms with van der Waals surface area (Å²) in [5, 5.41) is 3.69. The number of carbonyl (C=O) groups excluding carboxylic acids is 1. The third-order valence-corrected chi connectivity index (χ3v) is 3.12. The highest BCUT2D eigenvalue weighted by Gasteiger charge is 2.27. The molecule has 0 aromatic carbocycles. The van der Waals surface area contributed by atoms with E-state index in [1.807, 2.05) is 0 Å². The van der Waals surface area contributed by atoms with Gasteiger partial charge in [-0.15, -0.1) is 0 Å². The topological polar surface area (TPSA) is 103 Å². The van der Waals surface area contributed by atoms with Crippen molar-refractivity contribution in [3.05, 3.63) is 0 Å². The van der Waals surface area contributed by atoms with Crippen molar-refractivity contribution in [1.82, 2.24) is 0 Å². The van der Waals surface area contributed by atoms with E-state index >= 15 is 0 Å². The third-order valence-electron chi connectivity index (χ3n) is 3.12. The van der Waals surface area contributed by atoms with Gasteiger partial charge < -0.3 is 16.3 Å². The Hall–Kier alpha value is -1.59. The number of nitrogens with two attached hydrogens (primary N) is 2. The van der Waals surface area contributed by atoms with E-state index in [4.69, 9.17) is 16.3 Å². The molecule has 2 aliphatic rings. The number of rotatable bonds is 3. The van der Waals surface area contributed by atoms with Gasteiger partial charge in [-0.3, -0.25) is 9.79 Å². The van der Waals surface area contributed by atoms with Gasteiger partial charge in [-0.2, -0.15) is 0 Å². The fourth-order valence-electron chi connectivity index (χ4n) is 2.22. The molecule has 2 heterocycles. The van der Waals surface area contributed by atoms with E-state index in [-0.39, 0.29) is 12.1 Å². The van der Waals surface area contributed by atoms with Crippen molar-refractivity contribution in [3.8, 4) is 0 Å². The first-order valence-electron chi connectivity index (χ1n) is 6.00. The van der Waals surface area contributed by atoms with Crippen LogP contribution < -0.4 is 11.5 Å². The van der Waals surface area contributed by atoms with Gasteiger partial charge in [-0.25, -0.2) is 0 Å². The molecule has 6 nitrogen and oxygen atoms in total. The maximum atomic E-state index is 10.9. The highest BCUT2D eigenvalue weighted by Crippen LogP contribution is 2.22. The third kappa shape index (κ3) is 3.18. The number of oxime groups is 1. The SMILES string of the molecule is NC(=O)C1=NOC(CC2CCCCC(N)=N2)C1. The van der Waals surface area contributed by atoms with Crippen LogP contribution in [0.3, 0.4) is 0 Å². The molecule has 17 heavy (non-hydrogen) atoms. The van der Waals surface area contributed by atoms with E-state index in [2.05, 4.69) is 10.1 Å². The summed E-state index contributed by atoms with van der Waals surface area (Å²) in [4.78, 5) is 20.5. The summed E-state index contributed by atoms with van der Waals surface area (Å²) >= 11 is 0. The maximum Gasteiger partial charge on any atom is 0.266 e. The molecule has 2 atom stereocenters. The Morgan fingerprint density at radius 1 is 1.47 bits per heavy atom. The molecule has 0 saturated carbocycles. The lowest BCUT2D eigenvalue weighted by molar-refractivity contribution is -0.112. The Morgan fingerprint density at radius 2 is 2.29 bits per heavy atom. The molecule has 0 radical (unpaired) electrons. The molecule has 0 spiro atoms. The summed E-state index contributed by atoms with van der Waals surface area (Å²) in [5.41, 5.74) is 11.2. The van der Waals surface area contributed by atoms with Crippen LogP contribution in [0, 0.1) is 0 Å². The number of carbonyl (C=O) groups is 1. The fourth-order valence-corrected chi connectivity index (χ4v) is 2.22. The summed E-state index contributed by atoms with van der Waals surface area (Å²) in [7, 11) is 0. The van der Waals surface area contributed by atoms with Crippen molar-refractivity contribution < 1.29 is 9.63 Å². The average molecular weight is 238 g/mol. The number of hydrogen-bond acceptors (Lipinski definition) is 5. The van der Waals surface area contributed by atoms with Crippen molar-refractivity contribution in [2.24, 2.45) is 21.6 Å². The van der Waals surface area contributed by atoms with Gasteiger partial charge in [0.1, 0.15) is 11.8 Å². The van der Waals surface area contributed by atoms with Crippen molar-refractivity contribution >= 4 is 17.5 Å². The lowest BCUT2D eigenvalue weighted by Crippen LogP contribution is -2.25. The van der Waals surface area contributed by atoms with Crippen LogP contribution in [0.4, 0.5) is 0 Å². The number of hydrogen-bond donors (Lipinski definition) is 2. The number of aliphatic imine (C=N–C) groups is 1. The lowest BCUT2D eigenvalue weighted by atomic mass is 10.0. The first-order valence-corrected chi connectivity index (χ1v) is 6.00. The van der Waals surface area contributed by atoms with Gasteiger partial charge in [0.15, 0.2) is 0 Å². The van der Waals surface area contributed by atoms with Crippen molar-refractivity contribution in [3.63, 3.8) is 0 Å². The zero-order valence-electron chi connectivity index (χ0n) is 9.76. The van der Waals surface area contributed by atoms with Crippen LogP contribution in [0.5, 0.6) is 0 Å². The Balaban J connectivity index is 1.86. The van der Waals surface area contributed by atoms with Gasteiger partial charge in [0, 0.05) is 19.3 Å². The second-order valence-corrected chi connectivity index (χ2v) is 4.59. The van der Waals surface area contributed by atoms with Crippen molar-refractivity contribution in [1.29, 1.82) is 0 Å². The molecule has 6 heteroatoms. The predicted molar refractivity (Wildman–Crippen MR) is 64.6 cm³/mol. The first-order chi connectivity index (χ1) is 8.15. The molecule has 94 valence electrons.